The number of nitrogens with one attached hydrogen (secondary N) is 2. The monoisotopic (exact) mass is 404 g/mol. The fraction of sp³-hybridized carbons (Fsp3) is 0.562. The van der Waals surface area contributed by atoms with Gasteiger partial charge >= 0.3 is 0 Å². The number of guanidine groups is 1. The molecule has 0 bridgehead atoms. The molecule has 0 amide bonds. The molecular formula is C16H29IN4. The third-order valence-electron chi connectivity index (χ3n) is 3.00. The molecule has 2 N–H and O–H groups in total. The summed E-state index contributed by atoms with van der Waals surface area (Å²) in [4.78, 5) is 6.41. The number of halogens is 1. The lowest BCUT2D eigenvalue weighted by atomic mass is 10.1. The lowest BCUT2D eigenvalue weighted by molar-refractivity contribution is 0.402. The van der Waals surface area contributed by atoms with Gasteiger partial charge in [0.25, 0.3) is 0 Å². The van der Waals surface area contributed by atoms with Crippen LogP contribution in [0.4, 0.5) is 0 Å². The van der Waals surface area contributed by atoms with E-state index in [9.17, 15) is 0 Å². The van der Waals surface area contributed by atoms with Gasteiger partial charge in [0.2, 0.25) is 0 Å². The topological polar surface area (TPSA) is 39.7 Å². The first-order valence-electron chi connectivity index (χ1n) is 7.32. The summed E-state index contributed by atoms with van der Waals surface area (Å²) in [6.07, 6.45) is 2.36. The number of aliphatic imine (C=N–C) groups is 1. The van der Waals surface area contributed by atoms with Crippen molar-refractivity contribution in [2.45, 2.75) is 32.9 Å². The van der Waals surface area contributed by atoms with E-state index in [1.165, 1.54) is 24.0 Å². The molecule has 0 aliphatic carbocycles. The molecule has 0 saturated heterocycles. The van der Waals surface area contributed by atoms with Crippen LogP contribution in [0.5, 0.6) is 0 Å². The van der Waals surface area contributed by atoms with E-state index in [0.717, 1.165) is 25.6 Å². The van der Waals surface area contributed by atoms with Gasteiger partial charge in [-0.1, -0.05) is 37.6 Å². The van der Waals surface area contributed by atoms with Crippen LogP contribution in [0.3, 0.4) is 0 Å². The molecular weight excluding hydrogens is 375 g/mol. The maximum Gasteiger partial charge on any atom is 0.191 e. The molecule has 5 heteroatoms. The van der Waals surface area contributed by atoms with Crippen LogP contribution in [0.15, 0.2) is 29.3 Å². The van der Waals surface area contributed by atoms with Gasteiger partial charge < -0.3 is 15.5 Å². The van der Waals surface area contributed by atoms with E-state index >= 15 is 0 Å². The van der Waals surface area contributed by atoms with E-state index in [1.54, 1.807) is 0 Å². The summed E-state index contributed by atoms with van der Waals surface area (Å²) in [5.74, 6) is 0.872. The SMILES string of the molecule is CCCCNC(=NC)NCc1cccc(CN(C)C)c1.I. The average Bonchev–Trinajstić information content (AvgIpc) is 2.42. The van der Waals surface area contributed by atoms with Crippen LogP contribution >= 0.6 is 24.0 Å². The van der Waals surface area contributed by atoms with Gasteiger partial charge in [0.1, 0.15) is 0 Å². The third-order valence-corrected chi connectivity index (χ3v) is 3.00. The molecule has 1 aromatic rings. The van der Waals surface area contributed by atoms with Gasteiger partial charge in [-0.15, -0.1) is 24.0 Å². The van der Waals surface area contributed by atoms with Gasteiger partial charge in [-0.25, -0.2) is 0 Å². The van der Waals surface area contributed by atoms with Crippen LogP contribution in [-0.4, -0.2) is 38.5 Å². The Morgan fingerprint density at radius 1 is 1.19 bits per heavy atom. The van der Waals surface area contributed by atoms with Crippen LogP contribution in [0, 0.1) is 0 Å². The molecule has 0 aromatic heterocycles. The number of rotatable bonds is 7. The normalized spacial score (nSPS) is 11.2. The lowest BCUT2D eigenvalue weighted by Crippen LogP contribution is -2.37. The zero-order chi connectivity index (χ0) is 14.8. The summed E-state index contributed by atoms with van der Waals surface area (Å²) in [5.41, 5.74) is 2.62. The Labute approximate surface area is 146 Å². The smallest absolute Gasteiger partial charge is 0.191 e. The Kier molecular flexibility index (Phi) is 11.3. The predicted octanol–water partition coefficient (Wildman–Crippen LogP) is 2.83. The fourth-order valence-corrected chi connectivity index (χ4v) is 1.99. The highest BCUT2D eigenvalue weighted by Crippen LogP contribution is 2.06. The van der Waals surface area contributed by atoms with Gasteiger partial charge in [0.15, 0.2) is 5.96 Å². The van der Waals surface area contributed by atoms with Gasteiger partial charge in [0, 0.05) is 26.7 Å². The molecule has 0 aliphatic heterocycles. The van der Waals surface area contributed by atoms with E-state index in [2.05, 4.69) is 65.8 Å². The molecule has 4 nitrogen and oxygen atoms in total. The molecule has 0 aliphatic rings. The molecule has 120 valence electrons. The highest BCUT2D eigenvalue weighted by molar-refractivity contribution is 14.0. The second-order valence-corrected chi connectivity index (χ2v) is 5.26. The molecule has 0 unspecified atom stereocenters. The highest BCUT2D eigenvalue weighted by atomic mass is 127. The number of benzene rings is 1. The average molecular weight is 404 g/mol. The van der Waals surface area contributed by atoms with Crippen molar-refractivity contribution >= 4 is 29.9 Å². The van der Waals surface area contributed by atoms with Crippen molar-refractivity contribution in [1.82, 2.24) is 15.5 Å². The maximum atomic E-state index is 4.23. The van der Waals surface area contributed by atoms with Crippen LogP contribution in [0.25, 0.3) is 0 Å². The quantitative estimate of drug-likeness (QED) is 0.318. The number of nitrogens with zero attached hydrogens (tertiary/aromatic N) is 2. The molecule has 0 saturated carbocycles. The Bertz CT molecular complexity index is 418. The first kappa shape index (κ1) is 20.2. The largest absolute Gasteiger partial charge is 0.356 e. The van der Waals surface area contributed by atoms with Crippen molar-refractivity contribution in [3.05, 3.63) is 35.4 Å². The fourth-order valence-electron chi connectivity index (χ4n) is 1.99. The zero-order valence-corrected chi connectivity index (χ0v) is 16.0. The Hall–Kier alpha value is -0.820. The summed E-state index contributed by atoms with van der Waals surface area (Å²) in [5, 5.41) is 6.67. The van der Waals surface area contributed by atoms with Crippen LogP contribution < -0.4 is 10.6 Å². The van der Waals surface area contributed by atoms with E-state index in [-0.39, 0.29) is 24.0 Å². The molecule has 1 rings (SSSR count). The first-order chi connectivity index (χ1) is 9.65. The van der Waals surface area contributed by atoms with Crippen molar-refractivity contribution in [2.24, 2.45) is 4.99 Å². The highest BCUT2D eigenvalue weighted by Gasteiger charge is 2.00. The Morgan fingerprint density at radius 2 is 1.90 bits per heavy atom. The summed E-state index contributed by atoms with van der Waals surface area (Å²) in [6, 6.07) is 8.67. The number of unbranched alkanes of at least 4 members (excludes halogenated alkanes) is 1. The van der Waals surface area contributed by atoms with Gasteiger partial charge in [-0.2, -0.15) is 0 Å². The zero-order valence-electron chi connectivity index (χ0n) is 13.6. The maximum absolute atomic E-state index is 4.23. The van der Waals surface area contributed by atoms with E-state index in [4.69, 9.17) is 0 Å². The van der Waals surface area contributed by atoms with Crippen molar-refractivity contribution in [3.8, 4) is 0 Å². The molecule has 21 heavy (non-hydrogen) atoms. The first-order valence-corrected chi connectivity index (χ1v) is 7.32. The summed E-state index contributed by atoms with van der Waals surface area (Å²) in [6.45, 7) is 4.93. The molecule has 0 spiro atoms. The number of hydrogen-bond acceptors (Lipinski definition) is 2. The van der Waals surface area contributed by atoms with Crippen molar-refractivity contribution in [2.75, 3.05) is 27.7 Å². The summed E-state index contributed by atoms with van der Waals surface area (Å²) < 4.78 is 0. The molecule has 0 radical (unpaired) electrons. The van der Waals surface area contributed by atoms with Crippen molar-refractivity contribution < 1.29 is 0 Å². The van der Waals surface area contributed by atoms with Gasteiger partial charge in [0.05, 0.1) is 0 Å². The molecule has 0 heterocycles. The minimum absolute atomic E-state index is 0. The van der Waals surface area contributed by atoms with Gasteiger partial charge in [-0.3, -0.25) is 4.99 Å². The van der Waals surface area contributed by atoms with Gasteiger partial charge in [-0.05, 0) is 31.6 Å². The van der Waals surface area contributed by atoms with E-state index < -0.39 is 0 Å². The van der Waals surface area contributed by atoms with E-state index in [0.29, 0.717) is 0 Å². The summed E-state index contributed by atoms with van der Waals surface area (Å²) in [7, 11) is 5.98. The minimum atomic E-state index is 0. The molecule has 0 atom stereocenters. The molecule has 0 fully saturated rings. The Morgan fingerprint density at radius 3 is 2.52 bits per heavy atom. The van der Waals surface area contributed by atoms with E-state index in [1.807, 2.05) is 7.05 Å². The second kappa shape index (κ2) is 11.8. The second-order valence-electron chi connectivity index (χ2n) is 5.26. The molecule has 1 aromatic carbocycles. The predicted molar refractivity (Wildman–Crippen MR) is 102 cm³/mol. The van der Waals surface area contributed by atoms with Crippen LogP contribution in [0.2, 0.25) is 0 Å². The minimum Gasteiger partial charge on any atom is -0.356 e. The van der Waals surface area contributed by atoms with Crippen LogP contribution in [-0.2, 0) is 13.1 Å². The standard InChI is InChI=1S/C16H28N4.HI/c1-5-6-10-18-16(17-2)19-12-14-8-7-9-15(11-14)13-20(3)4;/h7-9,11H,5-6,10,12-13H2,1-4H3,(H2,17,18,19);1H. The number of hydrogen-bond donors (Lipinski definition) is 2. The lowest BCUT2D eigenvalue weighted by Gasteiger charge is -2.13. The Balaban J connectivity index is 0.00000400. The summed E-state index contributed by atoms with van der Waals surface area (Å²) >= 11 is 0. The third kappa shape index (κ3) is 8.93. The van der Waals surface area contributed by atoms with Crippen LogP contribution in [0.1, 0.15) is 30.9 Å². The van der Waals surface area contributed by atoms with Crippen molar-refractivity contribution in [3.63, 3.8) is 0 Å². The van der Waals surface area contributed by atoms with Crippen molar-refractivity contribution in [1.29, 1.82) is 0 Å².